The summed E-state index contributed by atoms with van der Waals surface area (Å²) in [6.07, 6.45) is 0.0825. The monoisotopic (exact) mass is 284 g/mol. The van der Waals surface area contributed by atoms with Gasteiger partial charge >= 0.3 is 5.97 Å². The topological polar surface area (TPSA) is 66.8 Å². The van der Waals surface area contributed by atoms with Crippen LogP contribution in [0.2, 0.25) is 0 Å². The fraction of sp³-hybridized carbons (Fsp3) is 0.235. The average molecular weight is 284 g/mol. The van der Waals surface area contributed by atoms with E-state index in [-0.39, 0.29) is 11.5 Å². The number of fused-ring (bicyclic) bond motifs is 1. The van der Waals surface area contributed by atoms with E-state index in [1.807, 2.05) is 30.3 Å². The molecular formula is C17H16O4. The number of benzene rings is 2. The van der Waals surface area contributed by atoms with Gasteiger partial charge in [0, 0.05) is 11.5 Å². The van der Waals surface area contributed by atoms with Gasteiger partial charge in [0.15, 0.2) is 0 Å². The SMILES string of the molecule is O=C(O)c1ccc2c(c1)OC[C@H](Cc1ccccc1)[C@H]2O. The van der Waals surface area contributed by atoms with Crippen molar-refractivity contribution >= 4 is 5.97 Å². The predicted octanol–water partition coefficient (Wildman–Crippen LogP) is 2.67. The van der Waals surface area contributed by atoms with Crippen molar-refractivity contribution in [3.05, 3.63) is 65.2 Å². The van der Waals surface area contributed by atoms with Crippen LogP contribution in [0.15, 0.2) is 48.5 Å². The van der Waals surface area contributed by atoms with Crippen LogP contribution in [0, 0.1) is 5.92 Å². The van der Waals surface area contributed by atoms with Gasteiger partial charge in [0.25, 0.3) is 0 Å². The maximum atomic E-state index is 11.0. The van der Waals surface area contributed by atoms with Crippen LogP contribution in [0.5, 0.6) is 5.75 Å². The lowest BCUT2D eigenvalue weighted by Crippen LogP contribution is -2.27. The summed E-state index contributed by atoms with van der Waals surface area (Å²) in [7, 11) is 0. The Balaban J connectivity index is 1.82. The lowest BCUT2D eigenvalue weighted by atomic mass is 9.88. The Labute approximate surface area is 122 Å². The second kappa shape index (κ2) is 5.58. The molecule has 0 amide bonds. The van der Waals surface area contributed by atoms with Gasteiger partial charge in [-0.15, -0.1) is 0 Å². The van der Waals surface area contributed by atoms with E-state index in [1.165, 1.54) is 12.1 Å². The quantitative estimate of drug-likeness (QED) is 0.909. The van der Waals surface area contributed by atoms with E-state index in [2.05, 4.69) is 0 Å². The molecule has 4 heteroatoms. The molecule has 0 aliphatic carbocycles. The Kier molecular flexibility index (Phi) is 3.62. The molecule has 4 nitrogen and oxygen atoms in total. The Hall–Kier alpha value is -2.33. The summed E-state index contributed by atoms with van der Waals surface area (Å²) < 4.78 is 5.65. The lowest BCUT2D eigenvalue weighted by Gasteiger charge is -2.30. The van der Waals surface area contributed by atoms with Crippen LogP contribution in [0.3, 0.4) is 0 Å². The lowest BCUT2D eigenvalue weighted by molar-refractivity contribution is 0.0503. The van der Waals surface area contributed by atoms with E-state index in [0.29, 0.717) is 17.9 Å². The second-order valence-corrected chi connectivity index (χ2v) is 5.26. The normalized spacial score (nSPS) is 20.4. The molecule has 2 atom stereocenters. The predicted molar refractivity (Wildman–Crippen MR) is 77.5 cm³/mol. The number of rotatable bonds is 3. The number of aliphatic hydroxyl groups excluding tert-OH is 1. The minimum atomic E-state index is -0.998. The molecule has 21 heavy (non-hydrogen) atoms. The third-order valence-corrected chi connectivity index (χ3v) is 3.82. The van der Waals surface area contributed by atoms with Crippen LogP contribution < -0.4 is 4.74 Å². The fourth-order valence-corrected chi connectivity index (χ4v) is 2.67. The molecule has 0 unspecified atom stereocenters. The van der Waals surface area contributed by atoms with E-state index in [1.54, 1.807) is 6.07 Å². The molecule has 0 bridgehead atoms. The molecule has 0 saturated carbocycles. The Bertz CT molecular complexity index is 651. The highest BCUT2D eigenvalue weighted by Gasteiger charge is 2.30. The second-order valence-electron chi connectivity index (χ2n) is 5.26. The number of hydrogen-bond donors (Lipinski definition) is 2. The molecule has 108 valence electrons. The smallest absolute Gasteiger partial charge is 0.335 e. The molecule has 0 spiro atoms. The van der Waals surface area contributed by atoms with Gasteiger partial charge in [0.2, 0.25) is 0 Å². The van der Waals surface area contributed by atoms with Crippen LogP contribution in [0.25, 0.3) is 0 Å². The van der Waals surface area contributed by atoms with Crippen molar-refractivity contribution in [2.75, 3.05) is 6.61 Å². The van der Waals surface area contributed by atoms with Gasteiger partial charge in [0.1, 0.15) is 5.75 Å². The minimum Gasteiger partial charge on any atom is -0.493 e. The molecule has 1 heterocycles. The van der Waals surface area contributed by atoms with Crippen LogP contribution in [-0.4, -0.2) is 22.8 Å². The van der Waals surface area contributed by atoms with Crippen molar-refractivity contribution < 1.29 is 19.7 Å². The van der Waals surface area contributed by atoms with E-state index in [4.69, 9.17) is 9.84 Å². The third kappa shape index (κ3) is 2.76. The van der Waals surface area contributed by atoms with Crippen LogP contribution in [0.4, 0.5) is 0 Å². The molecule has 1 aliphatic rings. The van der Waals surface area contributed by atoms with Gasteiger partial charge in [-0.25, -0.2) is 4.79 Å². The minimum absolute atomic E-state index is 0.0319. The summed E-state index contributed by atoms with van der Waals surface area (Å²) in [6, 6.07) is 14.6. The molecule has 1 aliphatic heterocycles. The Morgan fingerprint density at radius 2 is 1.95 bits per heavy atom. The van der Waals surface area contributed by atoms with Crippen LogP contribution in [0.1, 0.15) is 27.6 Å². The van der Waals surface area contributed by atoms with Gasteiger partial charge in [-0.05, 0) is 24.1 Å². The largest absolute Gasteiger partial charge is 0.493 e. The number of aromatic carboxylic acids is 1. The maximum Gasteiger partial charge on any atom is 0.335 e. The van der Waals surface area contributed by atoms with Gasteiger partial charge in [-0.2, -0.15) is 0 Å². The summed E-state index contributed by atoms with van der Waals surface area (Å²) in [5, 5.41) is 19.5. The van der Waals surface area contributed by atoms with Crippen LogP contribution in [-0.2, 0) is 6.42 Å². The molecule has 3 rings (SSSR count). The highest BCUT2D eigenvalue weighted by molar-refractivity contribution is 5.88. The zero-order valence-corrected chi connectivity index (χ0v) is 11.4. The molecule has 0 fully saturated rings. The highest BCUT2D eigenvalue weighted by atomic mass is 16.5. The first kappa shape index (κ1) is 13.6. The van der Waals surface area contributed by atoms with E-state index in [9.17, 15) is 9.90 Å². The van der Waals surface area contributed by atoms with Gasteiger partial charge in [-0.1, -0.05) is 36.4 Å². The first-order valence-corrected chi connectivity index (χ1v) is 6.87. The first-order chi connectivity index (χ1) is 10.1. The van der Waals surface area contributed by atoms with E-state index in [0.717, 1.165) is 12.0 Å². The number of carboxylic acid groups (broad SMARTS) is 1. The number of hydrogen-bond acceptors (Lipinski definition) is 3. The summed E-state index contributed by atoms with van der Waals surface area (Å²) in [4.78, 5) is 11.0. The molecular weight excluding hydrogens is 268 g/mol. The highest BCUT2D eigenvalue weighted by Crippen LogP contribution is 2.37. The van der Waals surface area contributed by atoms with Crippen molar-refractivity contribution in [1.82, 2.24) is 0 Å². The summed E-state index contributed by atoms with van der Waals surface area (Å²) >= 11 is 0. The molecule has 0 radical (unpaired) electrons. The molecule has 2 N–H and O–H groups in total. The zero-order chi connectivity index (χ0) is 14.8. The standard InChI is InChI=1S/C17H16O4/c18-16-13(8-11-4-2-1-3-5-11)10-21-15-9-12(17(19)20)6-7-14(15)16/h1-7,9,13,16,18H,8,10H2,(H,19,20)/t13-,16+/m0/s1. The Morgan fingerprint density at radius 1 is 1.19 bits per heavy atom. The Morgan fingerprint density at radius 3 is 2.67 bits per heavy atom. The average Bonchev–Trinajstić information content (AvgIpc) is 2.51. The summed E-state index contributed by atoms with van der Waals surface area (Å²) in [6.45, 7) is 0.381. The van der Waals surface area contributed by atoms with Crippen molar-refractivity contribution in [3.8, 4) is 5.75 Å². The molecule has 0 aromatic heterocycles. The molecule has 0 saturated heterocycles. The zero-order valence-electron chi connectivity index (χ0n) is 11.4. The van der Waals surface area contributed by atoms with Crippen molar-refractivity contribution in [1.29, 1.82) is 0 Å². The van der Waals surface area contributed by atoms with Crippen LogP contribution >= 0.6 is 0 Å². The fourth-order valence-electron chi connectivity index (χ4n) is 2.67. The number of ether oxygens (including phenoxy) is 1. The summed E-state index contributed by atoms with van der Waals surface area (Å²) in [5.41, 5.74) is 1.98. The molecule has 2 aromatic carbocycles. The van der Waals surface area contributed by atoms with Crippen molar-refractivity contribution in [2.24, 2.45) is 5.92 Å². The van der Waals surface area contributed by atoms with Crippen molar-refractivity contribution in [2.45, 2.75) is 12.5 Å². The number of carbonyl (C=O) groups is 1. The number of carboxylic acids is 1. The number of aliphatic hydroxyl groups is 1. The van der Waals surface area contributed by atoms with Gasteiger partial charge < -0.3 is 14.9 Å². The summed E-state index contributed by atoms with van der Waals surface area (Å²) in [5.74, 6) is -0.565. The van der Waals surface area contributed by atoms with Gasteiger partial charge in [0.05, 0.1) is 18.3 Å². The first-order valence-electron chi connectivity index (χ1n) is 6.87. The maximum absolute atomic E-state index is 11.0. The van der Waals surface area contributed by atoms with Gasteiger partial charge in [-0.3, -0.25) is 0 Å². The third-order valence-electron chi connectivity index (χ3n) is 3.82. The van der Waals surface area contributed by atoms with Crippen molar-refractivity contribution in [3.63, 3.8) is 0 Å². The molecule has 2 aromatic rings. The van der Waals surface area contributed by atoms with E-state index < -0.39 is 12.1 Å². The van der Waals surface area contributed by atoms with E-state index >= 15 is 0 Å².